The standard InChI is InChI=1S/C21H24O6/c1-5-24-18-12-16(13-19(25-6-2)20(18)26-7-3)21(23)27-17-10-8-15(9-11-17)14(4)22/h8-13H,5-7H2,1-4H3. The van der Waals surface area contributed by atoms with Gasteiger partial charge < -0.3 is 18.9 Å². The van der Waals surface area contributed by atoms with E-state index in [-0.39, 0.29) is 11.3 Å². The number of rotatable bonds is 9. The van der Waals surface area contributed by atoms with Crippen molar-refractivity contribution in [3.63, 3.8) is 0 Å². The Labute approximate surface area is 159 Å². The van der Waals surface area contributed by atoms with Gasteiger partial charge in [0, 0.05) is 5.56 Å². The zero-order valence-electron chi connectivity index (χ0n) is 16.0. The van der Waals surface area contributed by atoms with Crippen LogP contribution in [-0.4, -0.2) is 31.6 Å². The van der Waals surface area contributed by atoms with Gasteiger partial charge in [0.2, 0.25) is 5.75 Å². The van der Waals surface area contributed by atoms with Crippen molar-refractivity contribution in [1.29, 1.82) is 0 Å². The molecule has 0 aliphatic heterocycles. The van der Waals surface area contributed by atoms with Crippen molar-refractivity contribution in [2.45, 2.75) is 27.7 Å². The number of hydrogen-bond acceptors (Lipinski definition) is 6. The van der Waals surface area contributed by atoms with Gasteiger partial charge in [0.1, 0.15) is 5.75 Å². The normalized spacial score (nSPS) is 10.2. The number of esters is 1. The zero-order chi connectivity index (χ0) is 19.8. The van der Waals surface area contributed by atoms with E-state index < -0.39 is 5.97 Å². The molecule has 0 aliphatic carbocycles. The van der Waals surface area contributed by atoms with Crippen LogP contribution in [0.4, 0.5) is 0 Å². The van der Waals surface area contributed by atoms with Gasteiger partial charge in [-0.05, 0) is 64.1 Å². The Bertz CT molecular complexity index is 768. The van der Waals surface area contributed by atoms with Crippen molar-refractivity contribution < 1.29 is 28.5 Å². The molecule has 0 heterocycles. The van der Waals surface area contributed by atoms with Crippen molar-refractivity contribution >= 4 is 11.8 Å². The van der Waals surface area contributed by atoms with Gasteiger partial charge in [-0.1, -0.05) is 0 Å². The Kier molecular flexibility index (Phi) is 7.23. The molecule has 2 aromatic carbocycles. The number of Topliss-reactive ketones (excluding diaryl/α,β-unsaturated/α-hetero) is 1. The maximum absolute atomic E-state index is 12.6. The topological polar surface area (TPSA) is 71.1 Å². The van der Waals surface area contributed by atoms with Gasteiger partial charge >= 0.3 is 5.97 Å². The van der Waals surface area contributed by atoms with Gasteiger partial charge in [-0.25, -0.2) is 4.79 Å². The van der Waals surface area contributed by atoms with Gasteiger partial charge in [0.15, 0.2) is 17.3 Å². The van der Waals surface area contributed by atoms with Crippen LogP contribution in [0.15, 0.2) is 36.4 Å². The smallest absolute Gasteiger partial charge is 0.343 e. The van der Waals surface area contributed by atoms with Crippen molar-refractivity contribution in [3.8, 4) is 23.0 Å². The van der Waals surface area contributed by atoms with Crippen LogP contribution in [0.3, 0.4) is 0 Å². The van der Waals surface area contributed by atoms with E-state index in [0.717, 1.165) is 0 Å². The van der Waals surface area contributed by atoms with Gasteiger partial charge in [-0.2, -0.15) is 0 Å². The first kappa shape index (κ1) is 20.3. The van der Waals surface area contributed by atoms with Crippen molar-refractivity contribution in [3.05, 3.63) is 47.5 Å². The highest BCUT2D eigenvalue weighted by atomic mass is 16.5. The van der Waals surface area contributed by atoms with E-state index >= 15 is 0 Å². The molecule has 0 atom stereocenters. The first-order chi connectivity index (χ1) is 13.0. The third-order valence-electron chi connectivity index (χ3n) is 3.62. The quantitative estimate of drug-likeness (QED) is 0.371. The van der Waals surface area contributed by atoms with Crippen LogP contribution in [0.25, 0.3) is 0 Å². The second-order valence-electron chi connectivity index (χ2n) is 5.57. The lowest BCUT2D eigenvalue weighted by molar-refractivity contribution is 0.0733. The van der Waals surface area contributed by atoms with Gasteiger partial charge in [-0.15, -0.1) is 0 Å². The summed E-state index contributed by atoms with van der Waals surface area (Å²) in [7, 11) is 0. The largest absolute Gasteiger partial charge is 0.490 e. The number of benzene rings is 2. The number of ether oxygens (including phenoxy) is 4. The van der Waals surface area contributed by atoms with E-state index in [0.29, 0.717) is 48.4 Å². The van der Waals surface area contributed by atoms with Crippen LogP contribution in [-0.2, 0) is 0 Å². The van der Waals surface area contributed by atoms with E-state index in [1.165, 1.54) is 6.92 Å². The van der Waals surface area contributed by atoms with E-state index in [9.17, 15) is 9.59 Å². The molecule has 2 rings (SSSR count). The summed E-state index contributed by atoms with van der Waals surface area (Å²) in [5.41, 5.74) is 0.828. The minimum absolute atomic E-state index is 0.0536. The molecule has 0 unspecified atom stereocenters. The molecule has 0 saturated heterocycles. The number of carbonyl (C=O) groups is 2. The summed E-state index contributed by atoms with van der Waals surface area (Å²) >= 11 is 0. The van der Waals surface area contributed by atoms with E-state index in [2.05, 4.69) is 0 Å². The molecule has 0 bridgehead atoms. The molecule has 27 heavy (non-hydrogen) atoms. The molecular weight excluding hydrogens is 348 g/mol. The highest BCUT2D eigenvalue weighted by Crippen LogP contribution is 2.39. The molecule has 0 radical (unpaired) electrons. The predicted molar refractivity (Wildman–Crippen MR) is 101 cm³/mol. The molecule has 0 amide bonds. The van der Waals surface area contributed by atoms with Crippen molar-refractivity contribution in [1.82, 2.24) is 0 Å². The highest BCUT2D eigenvalue weighted by molar-refractivity contribution is 5.95. The number of carbonyl (C=O) groups excluding carboxylic acids is 2. The Morgan fingerprint density at radius 3 is 1.74 bits per heavy atom. The molecule has 0 spiro atoms. The van der Waals surface area contributed by atoms with E-state index in [4.69, 9.17) is 18.9 Å². The van der Waals surface area contributed by atoms with Crippen LogP contribution in [0.2, 0.25) is 0 Å². The summed E-state index contributed by atoms with van der Waals surface area (Å²) in [6, 6.07) is 9.53. The zero-order valence-corrected chi connectivity index (χ0v) is 16.0. The van der Waals surface area contributed by atoms with Crippen LogP contribution < -0.4 is 18.9 Å². The number of hydrogen-bond donors (Lipinski definition) is 0. The molecule has 0 aliphatic rings. The van der Waals surface area contributed by atoms with Crippen LogP contribution in [0, 0.1) is 0 Å². The first-order valence-corrected chi connectivity index (χ1v) is 8.89. The summed E-state index contributed by atoms with van der Waals surface area (Å²) in [6.07, 6.45) is 0. The lowest BCUT2D eigenvalue weighted by Crippen LogP contribution is -2.11. The summed E-state index contributed by atoms with van der Waals surface area (Å²) in [5.74, 6) is 1.03. The predicted octanol–water partition coefficient (Wildman–Crippen LogP) is 4.30. The van der Waals surface area contributed by atoms with Gasteiger partial charge in [0.25, 0.3) is 0 Å². The van der Waals surface area contributed by atoms with Crippen molar-refractivity contribution in [2.75, 3.05) is 19.8 Å². The lowest BCUT2D eigenvalue weighted by Gasteiger charge is -2.16. The average Bonchev–Trinajstić information content (AvgIpc) is 2.65. The summed E-state index contributed by atoms with van der Waals surface area (Å²) < 4.78 is 22.2. The first-order valence-electron chi connectivity index (χ1n) is 8.89. The minimum atomic E-state index is -0.560. The molecule has 0 saturated carbocycles. The Balaban J connectivity index is 2.32. The average molecular weight is 372 g/mol. The lowest BCUT2D eigenvalue weighted by atomic mass is 10.1. The van der Waals surface area contributed by atoms with Crippen LogP contribution >= 0.6 is 0 Å². The van der Waals surface area contributed by atoms with Gasteiger partial charge in [-0.3, -0.25) is 4.79 Å². The summed E-state index contributed by atoms with van der Waals surface area (Å²) in [5, 5.41) is 0. The maximum atomic E-state index is 12.6. The molecule has 144 valence electrons. The number of ketones is 1. The SMILES string of the molecule is CCOc1cc(C(=O)Oc2ccc(C(C)=O)cc2)cc(OCC)c1OCC. The van der Waals surface area contributed by atoms with Crippen molar-refractivity contribution in [2.24, 2.45) is 0 Å². The highest BCUT2D eigenvalue weighted by Gasteiger charge is 2.19. The molecule has 6 nitrogen and oxygen atoms in total. The maximum Gasteiger partial charge on any atom is 0.343 e. The minimum Gasteiger partial charge on any atom is -0.490 e. The fraction of sp³-hybridized carbons (Fsp3) is 0.333. The van der Waals surface area contributed by atoms with Crippen LogP contribution in [0.5, 0.6) is 23.0 Å². The van der Waals surface area contributed by atoms with Gasteiger partial charge in [0.05, 0.1) is 25.4 Å². The third-order valence-corrected chi connectivity index (χ3v) is 3.62. The second-order valence-corrected chi connectivity index (χ2v) is 5.57. The molecule has 0 fully saturated rings. The molecule has 2 aromatic rings. The summed E-state index contributed by atoms with van der Waals surface area (Å²) in [4.78, 5) is 23.9. The Morgan fingerprint density at radius 2 is 1.30 bits per heavy atom. The van der Waals surface area contributed by atoms with E-state index in [1.807, 2.05) is 20.8 Å². The summed E-state index contributed by atoms with van der Waals surface area (Å²) in [6.45, 7) is 8.29. The Hall–Kier alpha value is -3.02. The molecular formula is C21H24O6. The molecule has 0 aromatic heterocycles. The van der Waals surface area contributed by atoms with E-state index in [1.54, 1.807) is 36.4 Å². The second kappa shape index (κ2) is 9.62. The molecule has 0 N–H and O–H groups in total. The fourth-order valence-electron chi connectivity index (χ4n) is 2.43. The monoisotopic (exact) mass is 372 g/mol. The molecule has 6 heteroatoms. The fourth-order valence-corrected chi connectivity index (χ4v) is 2.43. The third kappa shape index (κ3) is 5.23. The Morgan fingerprint density at radius 1 is 0.778 bits per heavy atom. The van der Waals surface area contributed by atoms with Crippen LogP contribution in [0.1, 0.15) is 48.4 Å².